The van der Waals surface area contributed by atoms with Crippen molar-refractivity contribution in [3.63, 3.8) is 0 Å². The Morgan fingerprint density at radius 2 is 1.63 bits per heavy atom. The van der Waals surface area contributed by atoms with Gasteiger partial charge in [-0.1, -0.05) is 12.1 Å². The number of benzene rings is 1. The molecule has 1 aromatic carbocycles. The van der Waals surface area contributed by atoms with Crippen LogP contribution in [0.4, 0.5) is 14.6 Å². The van der Waals surface area contributed by atoms with Gasteiger partial charge in [-0.05, 0) is 44.7 Å². The molecule has 0 bridgehead atoms. The maximum atomic E-state index is 13.9. The number of nitrogens with one attached hydrogen (secondary N) is 1. The van der Waals surface area contributed by atoms with E-state index in [0.717, 1.165) is 5.56 Å². The fourth-order valence-corrected chi connectivity index (χ4v) is 6.36. The molecule has 1 aliphatic rings. The van der Waals surface area contributed by atoms with Gasteiger partial charge in [0.1, 0.15) is 40.4 Å². The summed E-state index contributed by atoms with van der Waals surface area (Å²) >= 11 is 0. The molecular formula is C28H36F2N4O6S. The predicted molar refractivity (Wildman–Crippen MR) is 151 cm³/mol. The van der Waals surface area contributed by atoms with E-state index in [9.17, 15) is 17.2 Å². The quantitative estimate of drug-likeness (QED) is 0.277. The summed E-state index contributed by atoms with van der Waals surface area (Å²) in [4.78, 5) is 13.8. The SMILES string of the molecule is COCCOc1nc2nc(C)nc(N[C@H](C)c3cccc(C(F)F)c3OCCOC)c2cc1C1CCS(=O)(=O)CC1. The molecule has 1 N–H and O–H groups in total. The van der Waals surface area contributed by atoms with Crippen LogP contribution in [0.25, 0.3) is 11.0 Å². The van der Waals surface area contributed by atoms with Gasteiger partial charge in [0.15, 0.2) is 5.65 Å². The van der Waals surface area contributed by atoms with Crippen molar-refractivity contribution < 1.29 is 36.1 Å². The Labute approximate surface area is 238 Å². The molecule has 1 atom stereocenters. The van der Waals surface area contributed by atoms with Crippen LogP contribution in [0.15, 0.2) is 24.3 Å². The first kappa shape index (κ1) is 30.8. The van der Waals surface area contributed by atoms with Crippen LogP contribution in [0.5, 0.6) is 11.6 Å². The lowest BCUT2D eigenvalue weighted by molar-refractivity contribution is 0.128. The molecule has 0 unspecified atom stereocenters. The Balaban J connectivity index is 1.74. The Bertz CT molecular complexity index is 1440. The molecule has 13 heteroatoms. The topological polar surface area (TPSA) is 122 Å². The number of sulfone groups is 1. The van der Waals surface area contributed by atoms with Crippen LogP contribution in [0.3, 0.4) is 0 Å². The molecule has 0 spiro atoms. The second-order valence-corrected chi connectivity index (χ2v) is 12.2. The summed E-state index contributed by atoms with van der Waals surface area (Å²) in [7, 11) is 0.0127. The molecule has 3 aromatic rings. The third-order valence-corrected chi connectivity index (χ3v) is 8.69. The number of aromatic nitrogens is 3. The molecule has 0 saturated carbocycles. The molecule has 2 aromatic heterocycles. The molecule has 224 valence electrons. The summed E-state index contributed by atoms with van der Waals surface area (Å²) in [6.45, 7) is 4.56. The number of hydrogen-bond donors (Lipinski definition) is 1. The predicted octanol–water partition coefficient (Wildman–Crippen LogP) is 4.79. The number of aryl methyl sites for hydroxylation is 1. The minimum absolute atomic E-state index is 0.0805. The molecule has 1 fully saturated rings. The third-order valence-electron chi connectivity index (χ3n) is 6.98. The monoisotopic (exact) mass is 594 g/mol. The van der Waals surface area contributed by atoms with E-state index in [2.05, 4.69) is 15.3 Å². The summed E-state index contributed by atoms with van der Waals surface area (Å²) in [5.41, 5.74) is 1.50. The zero-order valence-electron chi connectivity index (χ0n) is 23.7. The first-order chi connectivity index (χ1) is 19.6. The van der Waals surface area contributed by atoms with Gasteiger partial charge in [-0.2, -0.15) is 4.98 Å². The summed E-state index contributed by atoms with van der Waals surface area (Å²) in [6.07, 6.45) is -1.82. The van der Waals surface area contributed by atoms with Gasteiger partial charge in [-0.15, -0.1) is 0 Å². The van der Waals surface area contributed by atoms with E-state index in [1.807, 2.05) is 13.0 Å². The zero-order chi connectivity index (χ0) is 29.6. The average Bonchev–Trinajstić information content (AvgIpc) is 2.93. The third kappa shape index (κ3) is 7.57. The Hall–Kier alpha value is -3.16. The van der Waals surface area contributed by atoms with E-state index >= 15 is 0 Å². The number of anilines is 1. The lowest BCUT2D eigenvalue weighted by Crippen LogP contribution is -2.23. The van der Waals surface area contributed by atoms with E-state index in [-0.39, 0.29) is 48.6 Å². The van der Waals surface area contributed by atoms with Crippen LogP contribution < -0.4 is 14.8 Å². The molecule has 1 aliphatic heterocycles. The van der Waals surface area contributed by atoms with Gasteiger partial charge in [-0.25, -0.2) is 27.2 Å². The van der Waals surface area contributed by atoms with Gasteiger partial charge in [0, 0.05) is 25.3 Å². The number of methoxy groups -OCH3 is 2. The second-order valence-electron chi connectivity index (χ2n) is 9.91. The highest BCUT2D eigenvalue weighted by Gasteiger charge is 2.29. The van der Waals surface area contributed by atoms with Crippen molar-refractivity contribution in [3.05, 3.63) is 46.8 Å². The first-order valence-electron chi connectivity index (χ1n) is 13.4. The van der Waals surface area contributed by atoms with Crippen LogP contribution >= 0.6 is 0 Å². The maximum Gasteiger partial charge on any atom is 0.267 e. The van der Waals surface area contributed by atoms with Gasteiger partial charge in [0.2, 0.25) is 5.88 Å². The van der Waals surface area contributed by atoms with E-state index in [1.54, 1.807) is 26.2 Å². The Morgan fingerprint density at radius 3 is 2.29 bits per heavy atom. The Kier molecular flexibility index (Phi) is 10.3. The van der Waals surface area contributed by atoms with Crippen molar-refractivity contribution in [2.24, 2.45) is 0 Å². The van der Waals surface area contributed by atoms with Crippen molar-refractivity contribution in [2.45, 2.75) is 45.1 Å². The molecular weight excluding hydrogens is 558 g/mol. The summed E-state index contributed by atoms with van der Waals surface area (Å²) in [5.74, 6) is 1.50. The number of alkyl halides is 2. The lowest BCUT2D eigenvalue weighted by Gasteiger charge is -2.25. The molecule has 41 heavy (non-hydrogen) atoms. The van der Waals surface area contributed by atoms with Crippen LogP contribution in [0.2, 0.25) is 0 Å². The van der Waals surface area contributed by atoms with E-state index in [0.29, 0.717) is 53.6 Å². The number of hydrogen-bond acceptors (Lipinski definition) is 10. The number of ether oxygens (including phenoxy) is 4. The standard InChI is InChI=1S/C28H36F2N4O6S/c1-17(20-6-5-7-21(25(29)30)24(20)39-12-10-37-3)31-26-23-16-22(19-8-14-41(35,36)15-9-19)28(40-13-11-38-4)34-27(23)33-18(2)32-26/h5-7,16-17,19,25H,8-15H2,1-4H3,(H,31,32,33,34)/t17-/m1/s1. The van der Waals surface area contributed by atoms with E-state index in [1.165, 1.54) is 13.2 Å². The van der Waals surface area contributed by atoms with Gasteiger partial charge in [-0.3, -0.25) is 0 Å². The van der Waals surface area contributed by atoms with Crippen molar-refractivity contribution in [2.75, 3.05) is 57.5 Å². The number of para-hydroxylation sites is 1. The molecule has 0 aliphatic carbocycles. The van der Waals surface area contributed by atoms with Crippen LogP contribution in [0, 0.1) is 6.92 Å². The number of halogens is 2. The fourth-order valence-electron chi connectivity index (χ4n) is 4.87. The number of pyridine rings is 1. The fraction of sp³-hybridized carbons (Fsp3) is 0.536. The van der Waals surface area contributed by atoms with Gasteiger partial charge in [0.05, 0.1) is 41.7 Å². The summed E-state index contributed by atoms with van der Waals surface area (Å²) < 4.78 is 73.8. The van der Waals surface area contributed by atoms with E-state index < -0.39 is 22.3 Å². The first-order valence-corrected chi connectivity index (χ1v) is 15.3. The van der Waals surface area contributed by atoms with Crippen LogP contribution in [-0.4, -0.2) is 75.5 Å². The lowest BCUT2D eigenvalue weighted by atomic mass is 9.93. The number of nitrogens with zero attached hydrogens (tertiary/aromatic N) is 3. The number of fused-ring (bicyclic) bond motifs is 1. The van der Waals surface area contributed by atoms with Crippen molar-refractivity contribution in [3.8, 4) is 11.6 Å². The summed E-state index contributed by atoms with van der Waals surface area (Å²) in [6, 6.07) is 6.06. The van der Waals surface area contributed by atoms with Gasteiger partial charge >= 0.3 is 0 Å². The second kappa shape index (κ2) is 13.7. The average molecular weight is 595 g/mol. The normalized spacial score (nSPS) is 16.2. The van der Waals surface area contributed by atoms with Gasteiger partial charge in [0.25, 0.3) is 6.43 Å². The van der Waals surface area contributed by atoms with Crippen molar-refractivity contribution in [1.82, 2.24) is 15.0 Å². The molecule has 0 radical (unpaired) electrons. The molecule has 1 saturated heterocycles. The molecule has 4 rings (SSSR count). The van der Waals surface area contributed by atoms with Crippen molar-refractivity contribution >= 4 is 26.7 Å². The Morgan fingerprint density at radius 1 is 0.976 bits per heavy atom. The van der Waals surface area contributed by atoms with Crippen LogP contribution in [0.1, 0.15) is 60.7 Å². The largest absolute Gasteiger partial charge is 0.490 e. The highest BCUT2D eigenvalue weighted by molar-refractivity contribution is 7.91. The molecule has 0 amide bonds. The smallest absolute Gasteiger partial charge is 0.267 e. The highest BCUT2D eigenvalue weighted by Crippen LogP contribution is 2.39. The van der Waals surface area contributed by atoms with Crippen molar-refractivity contribution in [1.29, 1.82) is 0 Å². The van der Waals surface area contributed by atoms with E-state index in [4.69, 9.17) is 23.9 Å². The molecule has 3 heterocycles. The maximum absolute atomic E-state index is 13.9. The minimum atomic E-state index is -3.07. The molecule has 10 nitrogen and oxygen atoms in total. The number of rotatable bonds is 13. The highest BCUT2D eigenvalue weighted by atomic mass is 32.2. The minimum Gasteiger partial charge on any atom is -0.490 e. The van der Waals surface area contributed by atoms with Crippen LogP contribution in [-0.2, 0) is 19.3 Å². The summed E-state index contributed by atoms with van der Waals surface area (Å²) in [5, 5.41) is 3.96. The van der Waals surface area contributed by atoms with Gasteiger partial charge < -0.3 is 24.3 Å². The zero-order valence-corrected chi connectivity index (χ0v) is 24.5.